The van der Waals surface area contributed by atoms with E-state index in [4.69, 9.17) is 0 Å². The van der Waals surface area contributed by atoms with Crippen molar-refractivity contribution < 1.29 is 4.79 Å². The van der Waals surface area contributed by atoms with Gasteiger partial charge in [-0.15, -0.1) is 0 Å². The zero-order valence-corrected chi connectivity index (χ0v) is 11.7. The molecular weight excluding hydrogens is 222 g/mol. The highest BCUT2D eigenvalue weighted by Gasteiger charge is 2.39. The molecule has 0 saturated carbocycles. The molecule has 98 valence electrons. The molecule has 1 aliphatic rings. The van der Waals surface area contributed by atoms with Crippen LogP contribution in [0, 0.1) is 6.92 Å². The number of aryl methyl sites for hydroxylation is 1. The van der Waals surface area contributed by atoms with Crippen LogP contribution in [0.15, 0.2) is 24.3 Å². The van der Waals surface area contributed by atoms with E-state index < -0.39 is 0 Å². The largest absolute Gasteiger partial charge is 0.292 e. The van der Waals surface area contributed by atoms with Gasteiger partial charge in [0.2, 0.25) is 0 Å². The summed E-state index contributed by atoms with van der Waals surface area (Å²) in [5, 5.41) is 0. The van der Waals surface area contributed by atoms with Crippen LogP contribution in [-0.4, -0.2) is 29.3 Å². The van der Waals surface area contributed by atoms with E-state index in [1.807, 2.05) is 31.2 Å². The summed E-state index contributed by atoms with van der Waals surface area (Å²) >= 11 is 0. The van der Waals surface area contributed by atoms with E-state index in [2.05, 4.69) is 18.7 Å². The zero-order chi connectivity index (χ0) is 13.2. The summed E-state index contributed by atoms with van der Waals surface area (Å²) in [6.45, 7) is 8.38. The third-order valence-electron chi connectivity index (χ3n) is 4.30. The molecule has 0 amide bonds. The predicted octanol–water partition coefficient (Wildman–Crippen LogP) is 3.44. The quantitative estimate of drug-likeness (QED) is 0.757. The number of hydrogen-bond donors (Lipinski definition) is 0. The molecule has 1 saturated heterocycles. The molecule has 0 radical (unpaired) electrons. The summed E-state index contributed by atoms with van der Waals surface area (Å²) in [7, 11) is 0. The Balaban J connectivity index is 2.26. The van der Waals surface area contributed by atoms with Gasteiger partial charge in [-0.3, -0.25) is 9.69 Å². The molecule has 1 aromatic rings. The van der Waals surface area contributed by atoms with Gasteiger partial charge in [0.1, 0.15) is 0 Å². The SMILES string of the molecule is CCC(C)(C(=O)c1ccc(C)cc1)N1CCCC1. The van der Waals surface area contributed by atoms with E-state index in [0.29, 0.717) is 0 Å². The van der Waals surface area contributed by atoms with Gasteiger partial charge < -0.3 is 0 Å². The molecule has 1 heterocycles. The number of rotatable bonds is 4. The fourth-order valence-electron chi connectivity index (χ4n) is 2.75. The van der Waals surface area contributed by atoms with Crippen molar-refractivity contribution in [2.75, 3.05) is 13.1 Å². The first-order valence-electron chi connectivity index (χ1n) is 6.94. The minimum Gasteiger partial charge on any atom is -0.292 e. The van der Waals surface area contributed by atoms with Gasteiger partial charge in [-0.1, -0.05) is 36.8 Å². The highest BCUT2D eigenvalue weighted by Crippen LogP contribution is 2.28. The number of nitrogens with zero attached hydrogens (tertiary/aromatic N) is 1. The van der Waals surface area contributed by atoms with Gasteiger partial charge in [-0.25, -0.2) is 0 Å². The lowest BCUT2D eigenvalue weighted by Crippen LogP contribution is -2.50. The number of hydrogen-bond acceptors (Lipinski definition) is 2. The Bertz CT molecular complexity index is 417. The van der Waals surface area contributed by atoms with Crippen LogP contribution < -0.4 is 0 Å². The molecule has 1 atom stereocenters. The van der Waals surface area contributed by atoms with Gasteiger partial charge in [0, 0.05) is 5.56 Å². The molecule has 2 rings (SSSR count). The van der Waals surface area contributed by atoms with Crippen LogP contribution >= 0.6 is 0 Å². The normalized spacial score (nSPS) is 19.7. The van der Waals surface area contributed by atoms with Crippen LogP contribution in [-0.2, 0) is 0 Å². The molecule has 2 nitrogen and oxygen atoms in total. The molecule has 1 aromatic carbocycles. The number of carbonyl (C=O) groups is 1. The van der Waals surface area contributed by atoms with Gasteiger partial charge in [-0.2, -0.15) is 0 Å². The first-order chi connectivity index (χ1) is 8.58. The van der Waals surface area contributed by atoms with E-state index in [1.54, 1.807) is 0 Å². The summed E-state index contributed by atoms with van der Waals surface area (Å²) in [5.41, 5.74) is 1.72. The molecule has 0 aromatic heterocycles. The average molecular weight is 245 g/mol. The second-order valence-electron chi connectivity index (χ2n) is 5.52. The number of Topliss-reactive ketones (excluding diaryl/α,β-unsaturated/α-hetero) is 1. The van der Waals surface area contributed by atoms with E-state index >= 15 is 0 Å². The maximum atomic E-state index is 12.8. The molecule has 0 bridgehead atoms. The summed E-state index contributed by atoms with van der Waals surface area (Å²) in [4.78, 5) is 15.1. The maximum Gasteiger partial charge on any atom is 0.182 e. The minimum absolute atomic E-state index is 0.270. The smallest absolute Gasteiger partial charge is 0.182 e. The topological polar surface area (TPSA) is 20.3 Å². The molecule has 2 heteroatoms. The molecule has 18 heavy (non-hydrogen) atoms. The van der Waals surface area contributed by atoms with Crippen LogP contribution in [0.25, 0.3) is 0 Å². The van der Waals surface area contributed by atoms with Crippen molar-refractivity contribution in [1.29, 1.82) is 0 Å². The van der Waals surface area contributed by atoms with Crippen LogP contribution in [0.1, 0.15) is 49.0 Å². The Morgan fingerprint density at radius 3 is 2.28 bits per heavy atom. The Labute approximate surface area is 110 Å². The van der Waals surface area contributed by atoms with E-state index in [0.717, 1.165) is 25.1 Å². The summed E-state index contributed by atoms with van der Waals surface area (Å²) in [5.74, 6) is 0.270. The maximum absolute atomic E-state index is 12.8. The lowest BCUT2D eigenvalue weighted by atomic mass is 9.87. The number of carbonyl (C=O) groups excluding carboxylic acids is 1. The van der Waals surface area contributed by atoms with Crippen molar-refractivity contribution >= 4 is 5.78 Å². The van der Waals surface area contributed by atoms with Crippen LogP contribution in [0.2, 0.25) is 0 Å². The summed E-state index contributed by atoms with van der Waals surface area (Å²) in [6.07, 6.45) is 3.31. The standard InChI is InChI=1S/C16H23NO/c1-4-16(3,17-11-5-6-12-17)15(18)14-9-7-13(2)8-10-14/h7-10H,4-6,11-12H2,1-3H3. The first kappa shape index (κ1) is 13.3. The van der Waals surface area contributed by atoms with Crippen molar-refractivity contribution in [2.24, 2.45) is 0 Å². The molecular formula is C16H23NO. The highest BCUT2D eigenvalue weighted by atomic mass is 16.1. The number of likely N-dealkylation sites (tertiary alicyclic amines) is 1. The Morgan fingerprint density at radius 1 is 1.22 bits per heavy atom. The second-order valence-corrected chi connectivity index (χ2v) is 5.52. The Kier molecular flexibility index (Phi) is 3.86. The van der Waals surface area contributed by atoms with Gasteiger partial charge in [0.15, 0.2) is 5.78 Å². The van der Waals surface area contributed by atoms with Crippen molar-refractivity contribution in [3.8, 4) is 0 Å². The molecule has 1 unspecified atom stereocenters. The Hall–Kier alpha value is -1.15. The van der Waals surface area contributed by atoms with E-state index in [1.165, 1.54) is 18.4 Å². The van der Waals surface area contributed by atoms with Crippen molar-refractivity contribution in [1.82, 2.24) is 4.90 Å². The van der Waals surface area contributed by atoms with E-state index in [-0.39, 0.29) is 11.3 Å². The van der Waals surface area contributed by atoms with Crippen molar-refractivity contribution in [3.63, 3.8) is 0 Å². The van der Waals surface area contributed by atoms with Crippen LogP contribution in [0.4, 0.5) is 0 Å². The highest BCUT2D eigenvalue weighted by molar-refractivity contribution is 6.03. The van der Waals surface area contributed by atoms with Gasteiger partial charge >= 0.3 is 0 Å². The van der Waals surface area contributed by atoms with E-state index in [9.17, 15) is 4.79 Å². The fourth-order valence-corrected chi connectivity index (χ4v) is 2.75. The summed E-state index contributed by atoms with van der Waals surface area (Å²) in [6, 6.07) is 7.96. The average Bonchev–Trinajstić information content (AvgIpc) is 2.92. The van der Waals surface area contributed by atoms with Crippen molar-refractivity contribution in [2.45, 2.75) is 45.6 Å². The number of benzene rings is 1. The lowest BCUT2D eigenvalue weighted by molar-refractivity contribution is 0.0647. The molecule has 0 aliphatic carbocycles. The molecule has 1 aliphatic heterocycles. The van der Waals surface area contributed by atoms with Gasteiger partial charge in [-0.05, 0) is 46.2 Å². The predicted molar refractivity (Wildman–Crippen MR) is 75.0 cm³/mol. The third kappa shape index (κ3) is 2.35. The summed E-state index contributed by atoms with van der Waals surface area (Å²) < 4.78 is 0. The third-order valence-corrected chi connectivity index (χ3v) is 4.30. The molecule has 1 fully saturated rings. The molecule has 0 N–H and O–H groups in total. The van der Waals surface area contributed by atoms with Crippen LogP contribution in [0.5, 0.6) is 0 Å². The van der Waals surface area contributed by atoms with Crippen LogP contribution in [0.3, 0.4) is 0 Å². The fraction of sp³-hybridized carbons (Fsp3) is 0.562. The monoisotopic (exact) mass is 245 g/mol. The zero-order valence-electron chi connectivity index (χ0n) is 11.7. The Morgan fingerprint density at radius 2 is 1.78 bits per heavy atom. The first-order valence-corrected chi connectivity index (χ1v) is 6.94. The second kappa shape index (κ2) is 5.23. The molecule has 0 spiro atoms. The van der Waals surface area contributed by atoms with Crippen molar-refractivity contribution in [3.05, 3.63) is 35.4 Å². The number of ketones is 1. The minimum atomic E-state index is -0.328. The van der Waals surface area contributed by atoms with Gasteiger partial charge in [0.05, 0.1) is 5.54 Å². The lowest BCUT2D eigenvalue weighted by Gasteiger charge is -2.36. The van der Waals surface area contributed by atoms with Gasteiger partial charge in [0.25, 0.3) is 0 Å².